The van der Waals surface area contributed by atoms with Gasteiger partial charge in [0.1, 0.15) is 18.1 Å². The molecule has 0 fully saturated rings. The van der Waals surface area contributed by atoms with Gasteiger partial charge in [-0.15, -0.1) is 11.3 Å². The van der Waals surface area contributed by atoms with Gasteiger partial charge in [0.05, 0.1) is 24.9 Å². The van der Waals surface area contributed by atoms with Crippen molar-refractivity contribution in [1.29, 1.82) is 0 Å². The van der Waals surface area contributed by atoms with Crippen molar-refractivity contribution in [2.24, 2.45) is 0 Å². The lowest BCUT2D eigenvalue weighted by atomic mass is 10.1. The Morgan fingerprint density at radius 1 is 1.27 bits per heavy atom. The van der Waals surface area contributed by atoms with Gasteiger partial charge in [-0.1, -0.05) is 0 Å². The maximum absolute atomic E-state index is 12.7. The fourth-order valence-electron chi connectivity index (χ4n) is 2.48. The van der Waals surface area contributed by atoms with E-state index in [0.29, 0.717) is 30.2 Å². The van der Waals surface area contributed by atoms with Gasteiger partial charge in [-0.05, 0) is 37.3 Å². The number of thiazole rings is 1. The number of amides is 1. The second kappa shape index (κ2) is 8.05. The largest absolute Gasteiger partial charge is 0.493 e. The van der Waals surface area contributed by atoms with Crippen LogP contribution in [0.15, 0.2) is 45.6 Å². The zero-order valence-corrected chi connectivity index (χ0v) is 15.7. The minimum atomic E-state index is -0.122. The number of furan rings is 1. The van der Waals surface area contributed by atoms with Crippen molar-refractivity contribution in [2.75, 3.05) is 14.2 Å². The molecule has 2 aromatic heterocycles. The zero-order chi connectivity index (χ0) is 18.5. The van der Waals surface area contributed by atoms with Gasteiger partial charge in [0.2, 0.25) is 0 Å². The van der Waals surface area contributed by atoms with E-state index < -0.39 is 0 Å². The monoisotopic (exact) mass is 372 g/mol. The molecule has 0 bridgehead atoms. The molecule has 0 radical (unpaired) electrons. The fraction of sp³-hybridized carbons (Fsp3) is 0.263. The summed E-state index contributed by atoms with van der Waals surface area (Å²) >= 11 is 1.52. The Morgan fingerprint density at radius 2 is 2.12 bits per heavy atom. The summed E-state index contributed by atoms with van der Waals surface area (Å²) in [5.41, 5.74) is 3.13. The van der Waals surface area contributed by atoms with Crippen LogP contribution in [-0.2, 0) is 13.2 Å². The van der Waals surface area contributed by atoms with Crippen LogP contribution in [0.25, 0.3) is 0 Å². The number of nitrogens with zero attached hydrogens (tertiary/aromatic N) is 2. The number of benzene rings is 1. The van der Waals surface area contributed by atoms with Crippen molar-refractivity contribution in [3.05, 3.63) is 64.0 Å². The molecule has 0 N–H and O–H groups in total. The maximum Gasteiger partial charge on any atom is 0.254 e. The third kappa shape index (κ3) is 4.23. The summed E-state index contributed by atoms with van der Waals surface area (Å²) in [6, 6.07) is 8.90. The van der Waals surface area contributed by atoms with E-state index in [4.69, 9.17) is 13.9 Å². The van der Waals surface area contributed by atoms with Crippen LogP contribution in [0, 0.1) is 6.92 Å². The van der Waals surface area contributed by atoms with E-state index >= 15 is 0 Å². The first kappa shape index (κ1) is 18.0. The summed E-state index contributed by atoms with van der Waals surface area (Å²) in [7, 11) is 3.29. The SMILES string of the molecule is COc1cc(C(=O)N(C)Cc2ccc(C)o2)ccc1OCc1cscn1. The molecule has 0 atom stereocenters. The summed E-state index contributed by atoms with van der Waals surface area (Å²) in [6.45, 7) is 2.63. The molecule has 6 nitrogen and oxygen atoms in total. The van der Waals surface area contributed by atoms with Crippen molar-refractivity contribution in [3.8, 4) is 11.5 Å². The highest BCUT2D eigenvalue weighted by Crippen LogP contribution is 2.29. The topological polar surface area (TPSA) is 64.8 Å². The molecule has 0 saturated carbocycles. The first-order valence-electron chi connectivity index (χ1n) is 8.05. The summed E-state index contributed by atoms with van der Waals surface area (Å²) in [4.78, 5) is 18.4. The number of aryl methyl sites for hydroxylation is 1. The van der Waals surface area contributed by atoms with E-state index in [-0.39, 0.29) is 5.91 Å². The van der Waals surface area contributed by atoms with E-state index in [1.807, 2.05) is 24.4 Å². The summed E-state index contributed by atoms with van der Waals surface area (Å²) < 4.78 is 16.6. The molecule has 1 aromatic carbocycles. The average molecular weight is 372 g/mol. The van der Waals surface area contributed by atoms with Gasteiger partial charge in [0.25, 0.3) is 5.91 Å². The average Bonchev–Trinajstić information content (AvgIpc) is 3.30. The van der Waals surface area contributed by atoms with E-state index in [0.717, 1.165) is 17.2 Å². The molecule has 1 amide bonds. The lowest BCUT2D eigenvalue weighted by Gasteiger charge is -2.17. The van der Waals surface area contributed by atoms with E-state index in [1.165, 1.54) is 11.3 Å². The Bertz CT molecular complexity index is 874. The highest BCUT2D eigenvalue weighted by Gasteiger charge is 2.16. The second-order valence-electron chi connectivity index (χ2n) is 5.81. The molecule has 0 saturated heterocycles. The maximum atomic E-state index is 12.7. The molecule has 26 heavy (non-hydrogen) atoms. The molecule has 0 aliphatic carbocycles. The second-order valence-corrected chi connectivity index (χ2v) is 6.53. The Kier molecular flexibility index (Phi) is 5.58. The number of methoxy groups -OCH3 is 1. The van der Waals surface area contributed by atoms with Gasteiger partial charge < -0.3 is 18.8 Å². The number of rotatable bonds is 7. The van der Waals surface area contributed by atoms with Gasteiger partial charge in [-0.25, -0.2) is 4.98 Å². The molecule has 0 unspecified atom stereocenters. The Labute approximate surface area is 156 Å². The molecule has 136 valence electrons. The molecule has 2 heterocycles. The number of carbonyl (C=O) groups is 1. The normalized spacial score (nSPS) is 10.6. The van der Waals surface area contributed by atoms with E-state index in [1.54, 1.807) is 42.8 Å². The molecular formula is C19H20N2O4S. The van der Waals surface area contributed by atoms with Gasteiger partial charge in [-0.2, -0.15) is 0 Å². The summed E-state index contributed by atoms with van der Waals surface area (Å²) in [6.07, 6.45) is 0. The van der Waals surface area contributed by atoms with Crippen molar-refractivity contribution in [3.63, 3.8) is 0 Å². The highest BCUT2D eigenvalue weighted by molar-refractivity contribution is 7.07. The van der Waals surface area contributed by atoms with Crippen LogP contribution in [-0.4, -0.2) is 29.9 Å². The molecule has 0 aliphatic heterocycles. The van der Waals surface area contributed by atoms with Crippen LogP contribution in [0.2, 0.25) is 0 Å². The minimum absolute atomic E-state index is 0.122. The number of hydrogen-bond donors (Lipinski definition) is 0. The van der Waals surface area contributed by atoms with Gasteiger partial charge in [0, 0.05) is 18.0 Å². The predicted octanol–water partition coefficient (Wildman–Crippen LogP) is 3.90. The van der Waals surface area contributed by atoms with Crippen LogP contribution in [0.3, 0.4) is 0 Å². The van der Waals surface area contributed by atoms with Crippen LogP contribution >= 0.6 is 11.3 Å². The lowest BCUT2D eigenvalue weighted by molar-refractivity contribution is 0.0774. The van der Waals surface area contributed by atoms with Crippen LogP contribution in [0.5, 0.6) is 11.5 Å². The van der Waals surface area contributed by atoms with Gasteiger partial charge in [0.15, 0.2) is 11.5 Å². The Hall–Kier alpha value is -2.80. The van der Waals surface area contributed by atoms with Crippen molar-refractivity contribution in [1.82, 2.24) is 9.88 Å². The molecule has 0 spiro atoms. The number of carbonyl (C=O) groups excluding carboxylic acids is 1. The quantitative estimate of drug-likeness (QED) is 0.629. The zero-order valence-electron chi connectivity index (χ0n) is 14.9. The minimum Gasteiger partial charge on any atom is -0.493 e. The molecule has 0 aliphatic rings. The summed E-state index contributed by atoms with van der Waals surface area (Å²) in [5.74, 6) is 2.52. The van der Waals surface area contributed by atoms with Crippen LogP contribution in [0.4, 0.5) is 0 Å². The van der Waals surface area contributed by atoms with E-state index in [9.17, 15) is 4.79 Å². The highest BCUT2D eigenvalue weighted by atomic mass is 32.1. The molecule has 3 aromatic rings. The third-order valence-corrected chi connectivity index (χ3v) is 4.44. The predicted molar refractivity (Wildman–Crippen MR) is 98.7 cm³/mol. The Balaban J connectivity index is 1.69. The van der Waals surface area contributed by atoms with Crippen molar-refractivity contribution < 1.29 is 18.7 Å². The molecular weight excluding hydrogens is 352 g/mol. The third-order valence-electron chi connectivity index (χ3n) is 3.81. The number of ether oxygens (including phenoxy) is 2. The Morgan fingerprint density at radius 3 is 2.77 bits per heavy atom. The summed E-state index contributed by atoms with van der Waals surface area (Å²) in [5, 5.41) is 1.93. The number of hydrogen-bond acceptors (Lipinski definition) is 6. The fourth-order valence-corrected chi connectivity index (χ4v) is 3.02. The standard InChI is InChI=1S/C19H20N2O4S/c1-13-4-6-16(25-13)9-21(2)19(22)14-5-7-17(18(8-14)23-3)24-10-15-11-26-12-20-15/h4-8,11-12H,9-10H2,1-3H3. The van der Waals surface area contributed by atoms with Crippen molar-refractivity contribution >= 4 is 17.2 Å². The van der Waals surface area contributed by atoms with Crippen LogP contribution in [0.1, 0.15) is 27.6 Å². The molecule has 3 rings (SSSR count). The van der Waals surface area contributed by atoms with Crippen LogP contribution < -0.4 is 9.47 Å². The van der Waals surface area contributed by atoms with Gasteiger partial charge >= 0.3 is 0 Å². The van der Waals surface area contributed by atoms with Crippen molar-refractivity contribution in [2.45, 2.75) is 20.1 Å². The molecule has 7 heteroatoms. The first-order valence-corrected chi connectivity index (χ1v) is 9.00. The lowest BCUT2D eigenvalue weighted by Crippen LogP contribution is -2.26. The van der Waals surface area contributed by atoms with Gasteiger partial charge in [-0.3, -0.25) is 4.79 Å². The smallest absolute Gasteiger partial charge is 0.254 e. The number of aromatic nitrogens is 1. The first-order chi connectivity index (χ1) is 12.6. The van der Waals surface area contributed by atoms with E-state index in [2.05, 4.69) is 4.98 Å².